The van der Waals surface area contributed by atoms with Crippen molar-refractivity contribution in [3.63, 3.8) is 0 Å². The smallest absolute Gasteiger partial charge is 0.318 e. The standard InChI is InChI=1S/C13H12N2O5S/c1-2-5-15(8-13(17)18)21(19,20)10-3-4-11-9(6-10)7-12(16)14-11/h1,3-4,6H,5,7-8H2,(H,14,16)(H,17,18). The molecule has 0 atom stereocenters. The third-order valence-electron chi connectivity index (χ3n) is 2.92. The number of rotatable bonds is 5. The monoisotopic (exact) mass is 308 g/mol. The lowest BCUT2D eigenvalue weighted by Gasteiger charge is -2.18. The Morgan fingerprint density at radius 3 is 2.81 bits per heavy atom. The van der Waals surface area contributed by atoms with Crippen LogP contribution in [0.2, 0.25) is 0 Å². The lowest BCUT2D eigenvalue weighted by Crippen LogP contribution is -2.36. The van der Waals surface area contributed by atoms with Crippen molar-refractivity contribution >= 4 is 27.6 Å². The zero-order valence-corrected chi connectivity index (χ0v) is 11.7. The molecule has 0 aromatic heterocycles. The van der Waals surface area contributed by atoms with E-state index in [0.29, 0.717) is 15.6 Å². The molecule has 7 nitrogen and oxygen atoms in total. The van der Waals surface area contributed by atoms with Crippen molar-refractivity contribution in [2.24, 2.45) is 0 Å². The maximum absolute atomic E-state index is 12.4. The second-order valence-corrected chi connectivity index (χ2v) is 6.35. The van der Waals surface area contributed by atoms with Gasteiger partial charge in [-0.25, -0.2) is 8.42 Å². The number of sulfonamides is 1. The van der Waals surface area contributed by atoms with Crippen LogP contribution in [0.1, 0.15) is 5.56 Å². The van der Waals surface area contributed by atoms with Gasteiger partial charge in [-0.3, -0.25) is 9.59 Å². The van der Waals surface area contributed by atoms with Gasteiger partial charge in [0.15, 0.2) is 0 Å². The number of hydrogen-bond donors (Lipinski definition) is 2. The summed E-state index contributed by atoms with van der Waals surface area (Å²) >= 11 is 0. The van der Waals surface area contributed by atoms with Gasteiger partial charge in [0.05, 0.1) is 17.9 Å². The van der Waals surface area contributed by atoms with Crippen molar-refractivity contribution in [2.45, 2.75) is 11.3 Å². The van der Waals surface area contributed by atoms with Crippen LogP contribution in [0.15, 0.2) is 23.1 Å². The number of fused-ring (bicyclic) bond motifs is 1. The van der Waals surface area contributed by atoms with Crippen molar-refractivity contribution < 1.29 is 23.1 Å². The fraction of sp³-hybridized carbons (Fsp3) is 0.231. The molecule has 0 unspecified atom stereocenters. The molecule has 0 spiro atoms. The van der Waals surface area contributed by atoms with E-state index in [4.69, 9.17) is 11.5 Å². The summed E-state index contributed by atoms with van der Waals surface area (Å²) in [4.78, 5) is 21.9. The number of aliphatic carboxylic acids is 1. The van der Waals surface area contributed by atoms with E-state index < -0.39 is 22.5 Å². The Bertz CT molecular complexity index is 748. The lowest BCUT2D eigenvalue weighted by atomic mass is 10.2. The number of carboxylic acids is 1. The number of nitrogens with zero attached hydrogens (tertiary/aromatic N) is 1. The minimum atomic E-state index is -4.03. The number of carboxylic acid groups (broad SMARTS) is 1. The van der Waals surface area contributed by atoms with Gasteiger partial charge in [0.1, 0.15) is 6.54 Å². The third-order valence-corrected chi connectivity index (χ3v) is 4.71. The Labute approximate surface area is 121 Å². The Kier molecular flexibility index (Phi) is 3.97. The average molecular weight is 308 g/mol. The highest BCUT2D eigenvalue weighted by molar-refractivity contribution is 7.89. The molecule has 1 aromatic rings. The minimum absolute atomic E-state index is 0.0887. The van der Waals surface area contributed by atoms with Crippen molar-refractivity contribution in [3.05, 3.63) is 23.8 Å². The van der Waals surface area contributed by atoms with Crippen LogP contribution in [0.4, 0.5) is 5.69 Å². The van der Waals surface area contributed by atoms with E-state index in [2.05, 4.69) is 11.2 Å². The van der Waals surface area contributed by atoms with Crippen LogP contribution in [0.5, 0.6) is 0 Å². The average Bonchev–Trinajstić information content (AvgIpc) is 2.76. The molecule has 0 bridgehead atoms. The molecule has 0 aliphatic carbocycles. The summed E-state index contributed by atoms with van der Waals surface area (Å²) in [5.41, 5.74) is 1.11. The van der Waals surface area contributed by atoms with Crippen LogP contribution in [-0.4, -0.2) is 42.8 Å². The van der Waals surface area contributed by atoms with Crippen LogP contribution >= 0.6 is 0 Å². The number of carbonyl (C=O) groups is 2. The van der Waals surface area contributed by atoms with Crippen LogP contribution in [0.3, 0.4) is 0 Å². The van der Waals surface area contributed by atoms with E-state index in [1.165, 1.54) is 18.2 Å². The molecule has 21 heavy (non-hydrogen) atoms. The first kappa shape index (κ1) is 15.0. The quantitative estimate of drug-likeness (QED) is 0.739. The van der Waals surface area contributed by atoms with Gasteiger partial charge in [-0.15, -0.1) is 6.42 Å². The molecular formula is C13H12N2O5S. The lowest BCUT2D eigenvalue weighted by molar-refractivity contribution is -0.137. The molecule has 1 heterocycles. The van der Waals surface area contributed by atoms with E-state index in [0.717, 1.165) is 0 Å². The van der Waals surface area contributed by atoms with Gasteiger partial charge in [0.25, 0.3) is 0 Å². The molecule has 0 saturated carbocycles. The fourth-order valence-electron chi connectivity index (χ4n) is 1.99. The molecule has 0 radical (unpaired) electrons. The highest BCUT2D eigenvalue weighted by Crippen LogP contribution is 2.27. The predicted molar refractivity (Wildman–Crippen MR) is 74.0 cm³/mol. The fourth-order valence-corrected chi connectivity index (χ4v) is 3.35. The van der Waals surface area contributed by atoms with Gasteiger partial charge < -0.3 is 10.4 Å². The highest BCUT2D eigenvalue weighted by atomic mass is 32.2. The molecule has 2 rings (SSSR count). The van der Waals surface area contributed by atoms with Crippen LogP contribution in [0, 0.1) is 12.3 Å². The van der Waals surface area contributed by atoms with Gasteiger partial charge in [0, 0.05) is 5.69 Å². The maximum Gasteiger partial charge on any atom is 0.318 e. The summed E-state index contributed by atoms with van der Waals surface area (Å²) in [6, 6.07) is 4.14. The van der Waals surface area contributed by atoms with E-state index in [1.54, 1.807) is 0 Å². The molecule has 1 aliphatic rings. The number of benzene rings is 1. The van der Waals surface area contributed by atoms with Crippen molar-refractivity contribution in [3.8, 4) is 12.3 Å². The summed E-state index contributed by atoms with van der Waals surface area (Å²) in [6.45, 7) is -1.07. The van der Waals surface area contributed by atoms with Crippen LogP contribution < -0.4 is 5.32 Å². The number of carbonyl (C=O) groups excluding carboxylic acids is 1. The Balaban J connectivity index is 2.39. The van der Waals surface area contributed by atoms with E-state index in [9.17, 15) is 18.0 Å². The normalized spacial score (nSPS) is 13.6. The summed E-state index contributed by atoms with van der Waals surface area (Å²) in [5.74, 6) is 0.609. The van der Waals surface area contributed by atoms with E-state index >= 15 is 0 Å². The number of nitrogens with one attached hydrogen (secondary N) is 1. The van der Waals surface area contributed by atoms with Crippen LogP contribution in [-0.2, 0) is 26.0 Å². The number of hydrogen-bond acceptors (Lipinski definition) is 4. The molecule has 8 heteroatoms. The van der Waals surface area contributed by atoms with E-state index in [1.807, 2.05) is 0 Å². The predicted octanol–water partition coefficient (Wildman–Crippen LogP) is -0.110. The third kappa shape index (κ3) is 3.04. The summed E-state index contributed by atoms with van der Waals surface area (Å²) in [6.07, 6.45) is 5.17. The Hall–Kier alpha value is -2.37. The van der Waals surface area contributed by atoms with Crippen molar-refractivity contribution in [1.29, 1.82) is 0 Å². The Morgan fingerprint density at radius 1 is 1.48 bits per heavy atom. The highest BCUT2D eigenvalue weighted by Gasteiger charge is 2.28. The summed E-state index contributed by atoms with van der Waals surface area (Å²) in [7, 11) is -4.03. The van der Waals surface area contributed by atoms with E-state index in [-0.39, 0.29) is 23.8 Å². The molecule has 1 aromatic carbocycles. The second kappa shape index (κ2) is 5.55. The first-order valence-electron chi connectivity index (χ1n) is 5.93. The molecule has 110 valence electrons. The molecule has 2 N–H and O–H groups in total. The van der Waals surface area contributed by atoms with Gasteiger partial charge in [-0.05, 0) is 23.8 Å². The van der Waals surface area contributed by atoms with Gasteiger partial charge >= 0.3 is 5.97 Å². The summed E-state index contributed by atoms with van der Waals surface area (Å²) < 4.78 is 25.5. The minimum Gasteiger partial charge on any atom is -0.480 e. The molecule has 1 amide bonds. The zero-order chi connectivity index (χ0) is 15.6. The molecule has 1 aliphatic heterocycles. The summed E-state index contributed by atoms with van der Waals surface area (Å²) in [5, 5.41) is 11.4. The van der Waals surface area contributed by atoms with Crippen molar-refractivity contribution in [2.75, 3.05) is 18.4 Å². The maximum atomic E-state index is 12.4. The first-order valence-corrected chi connectivity index (χ1v) is 7.37. The molecule has 0 saturated heterocycles. The topological polar surface area (TPSA) is 104 Å². The van der Waals surface area contributed by atoms with Gasteiger partial charge in [-0.1, -0.05) is 5.92 Å². The SMILES string of the molecule is C#CCN(CC(=O)O)S(=O)(=O)c1ccc2c(c1)CC(=O)N2. The van der Waals surface area contributed by atoms with Crippen LogP contribution in [0.25, 0.3) is 0 Å². The van der Waals surface area contributed by atoms with Gasteiger partial charge in [-0.2, -0.15) is 4.31 Å². The zero-order valence-electron chi connectivity index (χ0n) is 10.9. The second-order valence-electron chi connectivity index (χ2n) is 4.41. The largest absolute Gasteiger partial charge is 0.480 e. The van der Waals surface area contributed by atoms with Crippen molar-refractivity contribution in [1.82, 2.24) is 4.31 Å². The first-order chi connectivity index (χ1) is 9.84. The number of amides is 1. The molecule has 0 fully saturated rings. The van der Waals surface area contributed by atoms with Gasteiger partial charge in [0.2, 0.25) is 15.9 Å². The number of terminal acetylenes is 1. The number of anilines is 1. The molecular weight excluding hydrogens is 296 g/mol. The Morgan fingerprint density at radius 2 is 2.19 bits per heavy atom.